The van der Waals surface area contributed by atoms with E-state index in [4.69, 9.17) is 0 Å². The van der Waals surface area contributed by atoms with Gasteiger partial charge in [-0.15, -0.1) is 0 Å². The predicted octanol–water partition coefficient (Wildman–Crippen LogP) is 1.47. The molecule has 0 radical (unpaired) electrons. The van der Waals surface area contributed by atoms with Gasteiger partial charge in [-0.25, -0.2) is 4.79 Å². The summed E-state index contributed by atoms with van der Waals surface area (Å²) in [5.74, 6) is 0. The lowest BCUT2D eigenvalue weighted by molar-refractivity contribution is 0.457. The highest BCUT2D eigenvalue weighted by molar-refractivity contribution is 9.10. The SMILES string of the molecule is O=c1[nH]c(=O)n(CC2(CBr)CC2)cc1Br. The van der Waals surface area contributed by atoms with E-state index in [-0.39, 0.29) is 16.7 Å². The molecule has 1 fully saturated rings. The highest BCUT2D eigenvalue weighted by Gasteiger charge is 2.41. The molecule has 82 valence electrons. The van der Waals surface area contributed by atoms with Gasteiger partial charge in [0, 0.05) is 18.1 Å². The number of nitrogens with zero attached hydrogens (tertiary/aromatic N) is 1. The molecule has 0 saturated heterocycles. The van der Waals surface area contributed by atoms with E-state index >= 15 is 0 Å². The van der Waals surface area contributed by atoms with Crippen LogP contribution in [0.3, 0.4) is 0 Å². The minimum atomic E-state index is -0.375. The van der Waals surface area contributed by atoms with Crippen molar-refractivity contribution in [3.63, 3.8) is 0 Å². The molecule has 4 nitrogen and oxygen atoms in total. The topological polar surface area (TPSA) is 54.9 Å². The maximum absolute atomic E-state index is 11.5. The number of H-pyrrole nitrogens is 1. The van der Waals surface area contributed by atoms with E-state index in [0.29, 0.717) is 11.0 Å². The first-order chi connectivity index (χ1) is 7.06. The van der Waals surface area contributed by atoms with Crippen LogP contribution in [-0.2, 0) is 6.54 Å². The van der Waals surface area contributed by atoms with E-state index in [1.54, 1.807) is 10.8 Å². The fourth-order valence-corrected chi connectivity index (χ4v) is 2.56. The minimum Gasteiger partial charge on any atom is -0.299 e. The average molecular weight is 338 g/mol. The van der Waals surface area contributed by atoms with Crippen LogP contribution in [0.5, 0.6) is 0 Å². The van der Waals surface area contributed by atoms with Crippen molar-refractivity contribution >= 4 is 31.9 Å². The Kier molecular flexibility index (Phi) is 2.89. The normalized spacial score (nSPS) is 17.7. The largest absolute Gasteiger partial charge is 0.328 e. The van der Waals surface area contributed by atoms with Crippen molar-refractivity contribution in [2.45, 2.75) is 19.4 Å². The summed E-state index contributed by atoms with van der Waals surface area (Å²) in [6.45, 7) is 0.659. The Bertz CT molecular complexity index is 488. The van der Waals surface area contributed by atoms with Crippen LogP contribution in [0.15, 0.2) is 20.3 Å². The van der Waals surface area contributed by atoms with Crippen molar-refractivity contribution in [2.24, 2.45) is 5.41 Å². The second-order valence-electron chi connectivity index (χ2n) is 4.00. The maximum atomic E-state index is 11.5. The van der Waals surface area contributed by atoms with E-state index in [2.05, 4.69) is 36.8 Å². The third-order valence-corrected chi connectivity index (χ3v) is 4.47. The predicted molar refractivity (Wildman–Crippen MR) is 64.5 cm³/mol. The Morgan fingerprint density at radius 1 is 1.47 bits per heavy atom. The first-order valence-electron chi connectivity index (χ1n) is 4.62. The van der Waals surface area contributed by atoms with Gasteiger partial charge in [-0.3, -0.25) is 14.3 Å². The lowest BCUT2D eigenvalue weighted by atomic mass is 10.1. The van der Waals surface area contributed by atoms with E-state index in [9.17, 15) is 9.59 Å². The molecule has 1 N–H and O–H groups in total. The number of aromatic nitrogens is 2. The number of aromatic amines is 1. The smallest absolute Gasteiger partial charge is 0.299 e. The van der Waals surface area contributed by atoms with Crippen LogP contribution in [0.2, 0.25) is 0 Å². The average Bonchev–Trinajstić information content (AvgIpc) is 2.95. The molecule has 0 unspecified atom stereocenters. The molecule has 2 rings (SSSR count). The molecule has 1 aliphatic rings. The monoisotopic (exact) mass is 336 g/mol. The second-order valence-corrected chi connectivity index (χ2v) is 5.41. The van der Waals surface area contributed by atoms with Crippen molar-refractivity contribution in [1.29, 1.82) is 0 Å². The van der Waals surface area contributed by atoms with Crippen LogP contribution in [0.25, 0.3) is 0 Å². The minimum absolute atomic E-state index is 0.210. The first-order valence-corrected chi connectivity index (χ1v) is 6.53. The van der Waals surface area contributed by atoms with E-state index in [1.807, 2.05) is 0 Å². The molecule has 15 heavy (non-hydrogen) atoms. The van der Waals surface area contributed by atoms with Gasteiger partial charge in [0.1, 0.15) is 0 Å². The number of hydrogen-bond acceptors (Lipinski definition) is 2. The zero-order chi connectivity index (χ0) is 11.1. The summed E-state index contributed by atoms with van der Waals surface area (Å²) in [6.07, 6.45) is 3.81. The summed E-state index contributed by atoms with van der Waals surface area (Å²) in [5.41, 5.74) is -0.503. The van der Waals surface area contributed by atoms with Crippen LogP contribution >= 0.6 is 31.9 Å². The summed E-state index contributed by atoms with van der Waals surface area (Å²) < 4.78 is 1.95. The van der Waals surface area contributed by atoms with Crippen LogP contribution in [-0.4, -0.2) is 14.9 Å². The maximum Gasteiger partial charge on any atom is 0.328 e. The quantitative estimate of drug-likeness (QED) is 0.849. The number of hydrogen-bond donors (Lipinski definition) is 1. The van der Waals surface area contributed by atoms with Crippen molar-refractivity contribution in [3.05, 3.63) is 31.5 Å². The van der Waals surface area contributed by atoms with Crippen LogP contribution < -0.4 is 11.2 Å². The molecule has 1 saturated carbocycles. The second kappa shape index (κ2) is 3.90. The number of rotatable bonds is 3. The molecule has 0 atom stereocenters. The zero-order valence-corrected chi connectivity index (χ0v) is 11.1. The molecule has 6 heteroatoms. The highest BCUT2D eigenvalue weighted by atomic mass is 79.9. The molecule has 0 aromatic carbocycles. The summed E-state index contributed by atoms with van der Waals surface area (Å²) in [4.78, 5) is 24.9. The third-order valence-electron chi connectivity index (χ3n) is 2.71. The highest BCUT2D eigenvalue weighted by Crippen LogP contribution is 2.48. The number of nitrogens with one attached hydrogen (secondary N) is 1. The zero-order valence-electron chi connectivity index (χ0n) is 7.93. The summed E-state index contributed by atoms with van der Waals surface area (Å²) in [5, 5.41) is 0.892. The fourth-order valence-electron chi connectivity index (χ4n) is 1.47. The Labute approximate surface area is 103 Å². The number of halogens is 2. The van der Waals surface area contributed by atoms with Gasteiger partial charge in [-0.2, -0.15) is 0 Å². The van der Waals surface area contributed by atoms with Gasteiger partial charge in [0.2, 0.25) is 0 Å². The van der Waals surface area contributed by atoms with E-state index in [0.717, 1.165) is 18.2 Å². The molecule has 1 aromatic heterocycles. The van der Waals surface area contributed by atoms with Gasteiger partial charge in [0.05, 0.1) is 4.47 Å². The Morgan fingerprint density at radius 3 is 2.67 bits per heavy atom. The van der Waals surface area contributed by atoms with Crippen molar-refractivity contribution in [1.82, 2.24) is 9.55 Å². The Balaban J connectivity index is 2.33. The molecular formula is C9H10Br2N2O2. The van der Waals surface area contributed by atoms with Gasteiger partial charge < -0.3 is 0 Å². The third kappa shape index (κ3) is 2.25. The molecule has 0 aliphatic heterocycles. The van der Waals surface area contributed by atoms with Gasteiger partial charge in [0.25, 0.3) is 5.56 Å². The molecule has 0 bridgehead atoms. The summed E-state index contributed by atoms with van der Waals surface area (Å²) >= 11 is 6.56. The molecule has 0 spiro atoms. The number of alkyl halides is 1. The standard InChI is InChI=1S/C9H10Br2N2O2/c10-4-9(1-2-9)5-13-3-6(11)7(14)12-8(13)15/h3H,1-2,4-5H2,(H,12,14,15). The van der Waals surface area contributed by atoms with Crippen molar-refractivity contribution in [3.8, 4) is 0 Å². The summed E-state index contributed by atoms with van der Waals surface area (Å²) in [6, 6.07) is 0. The molecule has 1 heterocycles. The van der Waals surface area contributed by atoms with E-state index < -0.39 is 0 Å². The van der Waals surface area contributed by atoms with Crippen LogP contribution in [0.4, 0.5) is 0 Å². The Hall–Kier alpha value is -0.360. The van der Waals surface area contributed by atoms with Crippen LogP contribution in [0.1, 0.15) is 12.8 Å². The fraction of sp³-hybridized carbons (Fsp3) is 0.556. The van der Waals surface area contributed by atoms with Crippen molar-refractivity contribution in [2.75, 3.05) is 5.33 Å². The van der Waals surface area contributed by atoms with Crippen molar-refractivity contribution < 1.29 is 0 Å². The Morgan fingerprint density at radius 2 is 2.13 bits per heavy atom. The van der Waals surface area contributed by atoms with Crippen LogP contribution in [0, 0.1) is 5.41 Å². The van der Waals surface area contributed by atoms with Gasteiger partial charge >= 0.3 is 5.69 Å². The lowest BCUT2D eigenvalue weighted by Crippen LogP contribution is -2.32. The summed E-state index contributed by atoms with van der Waals surface area (Å²) in [7, 11) is 0. The molecule has 1 aromatic rings. The van der Waals surface area contributed by atoms with E-state index in [1.165, 1.54) is 0 Å². The first kappa shape index (κ1) is 11.1. The van der Waals surface area contributed by atoms with Gasteiger partial charge in [0.15, 0.2) is 0 Å². The van der Waals surface area contributed by atoms with Gasteiger partial charge in [-0.05, 0) is 34.2 Å². The van der Waals surface area contributed by atoms with Gasteiger partial charge in [-0.1, -0.05) is 15.9 Å². The molecule has 1 aliphatic carbocycles. The molecule has 0 amide bonds. The lowest BCUT2D eigenvalue weighted by Gasteiger charge is -2.12. The molecular weight excluding hydrogens is 328 g/mol.